The molecule has 1 heterocycles. The van der Waals surface area contributed by atoms with Crippen LogP contribution in [-0.4, -0.2) is 21.0 Å². The molecule has 3 nitrogen and oxygen atoms in total. The number of hydrogen-bond acceptors (Lipinski definition) is 2. The zero-order valence-corrected chi connectivity index (χ0v) is 10.6. The lowest BCUT2D eigenvalue weighted by Gasteiger charge is -2.16. The van der Waals surface area contributed by atoms with E-state index in [4.69, 9.17) is 0 Å². The van der Waals surface area contributed by atoms with Gasteiger partial charge in [0.05, 0.1) is 18.8 Å². The molecular formula is C15H18N2O. The van der Waals surface area contributed by atoms with Gasteiger partial charge in [0.2, 0.25) is 0 Å². The van der Waals surface area contributed by atoms with E-state index in [-0.39, 0.29) is 11.5 Å². The van der Waals surface area contributed by atoms with Gasteiger partial charge in [-0.15, -0.1) is 0 Å². The molecule has 0 spiro atoms. The quantitative estimate of drug-likeness (QED) is 0.893. The number of hydrogen-bond donors (Lipinski definition) is 1. The first-order valence-corrected chi connectivity index (χ1v) is 6.46. The van der Waals surface area contributed by atoms with Crippen LogP contribution in [0.25, 0.3) is 0 Å². The van der Waals surface area contributed by atoms with Crippen LogP contribution >= 0.6 is 0 Å². The zero-order chi connectivity index (χ0) is 12.6. The van der Waals surface area contributed by atoms with E-state index in [1.807, 2.05) is 36.0 Å². The van der Waals surface area contributed by atoms with Gasteiger partial charge in [0.25, 0.3) is 0 Å². The molecule has 0 radical (unpaired) electrons. The summed E-state index contributed by atoms with van der Waals surface area (Å²) in [6.07, 6.45) is 5.84. The second-order valence-electron chi connectivity index (χ2n) is 5.24. The fraction of sp³-hybridized carbons (Fsp3) is 0.400. The van der Waals surface area contributed by atoms with Gasteiger partial charge in [0.15, 0.2) is 0 Å². The first-order valence-electron chi connectivity index (χ1n) is 6.46. The first-order chi connectivity index (χ1) is 8.71. The van der Waals surface area contributed by atoms with Crippen LogP contribution in [-0.2, 0) is 12.0 Å². The van der Waals surface area contributed by atoms with Crippen LogP contribution in [0.4, 0.5) is 0 Å². The summed E-state index contributed by atoms with van der Waals surface area (Å²) < 4.78 is 1.95. The van der Waals surface area contributed by atoms with E-state index in [1.165, 1.54) is 11.1 Å². The monoisotopic (exact) mass is 242 g/mol. The molecule has 3 rings (SSSR count). The lowest BCUT2D eigenvalue weighted by Crippen LogP contribution is -2.21. The molecule has 0 amide bonds. The minimum atomic E-state index is -0.285. The predicted molar refractivity (Wildman–Crippen MR) is 70.4 cm³/mol. The van der Waals surface area contributed by atoms with Crippen molar-refractivity contribution < 1.29 is 5.11 Å². The van der Waals surface area contributed by atoms with Gasteiger partial charge >= 0.3 is 0 Å². The number of rotatable bonds is 4. The number of aliphatic hydroxyl groups is 1. The molecule has 0 bridgehead atoms. The Hall–Kier alpha value is -1.61. The van der Waals surface area contributed by atoms with E-state index in [1.54, 1.807) is 0 Å². The number of aliphatic hydroxyl groups excluding tert-OH is 1. The maximum Gasteiger partial charge on any atom is 0.0659 e. The lowest BCUT2D eigenvalue weighted by molar-refractivity contribution is 0.150. The van der Waals surface area contributed by atoms with Gasteiger partial charge < -0.3 is 5.11 Å². The van der Waals surface area contributed by atoms with Gasteiger partial charge in [-0.1, -0.05) is 30.3 Å². The van der Waals surface area contributed by atoms with Crippen molar-refractivity contribution in [1.82, 2.24) is 9.78 Å². The molecule has 1 aromatic heterocycles. The van der Waals surface area contributed by atoms with Gasteiger partial charge in [-0.3, -0.25) is 4.68 Å². The highest BCUT2D eigenvalue weighted by atomic mass is 16.3. The summed E-state index contributed by atoms with van der Waals surface area (Å²) in [5, 5.41) is 14.3. The molecule has 1 N–H and O–H groups in total. The summed E-state index contributed by atoms with van der Waals surface area (Å²) in [5.41, 5.74) is 2.40. The molecule has 1 aliphatic rings. The van der Waals surface area contributed by atoms with Gasteiger partial charge in [-0.05, 0) is 30.9 Å². The second-order valence-corrected chi connectivity index (χ2v) is 5.24. The van der Waals surface area contributed by atoms with Crippen molar-refractivity contribution in [2.45, 2.75) is 37.8 Å². The molecule has 1 unspecified atom stereocenters. The van der Waals surface area contributed by atoms with Gasteiger partial charge in [-0.2, -0.15) is 5.10 Å². The third-order valence-corrected chi connectivity index (χ3v) is 3.98. The Morgan fingerprint density at radius 3 is 2.67 bits per heavy atom. The van der Waals surface area contributed by atoms with Crippen molar-refractivity contribution in [2.75, 3.05) is 0 Å². The van der Waals surface area contributed by atoms with E-state index in [2.05, 4.69) is 23.4 Å². The molecule has 3 heteroatoms. The van der Waals surface area contributed by atoms with Crippen molar-refractivity contribution in [2.24, 2.45) is 0 Å². The molecule has 1 aliphatic carbocycles. The van der Waals surface area contributed by atoms with Crippen LogP contribution in [0.1, 0.15) is 30.9 Å². The van der Waals surface area contributed by atoms with Crippen LogP contribution in [0.3, 0.4) is 0 Å². The van der Waals surface area contributed by atoms with E-state index in [0.717, 1.165) is 19.4 Å². The summed E-state index contributed by atoms with van der Waals surface area (Å²) >= 11 is 0. The first kappa shape index (κ1) is 11.5. The summed E-state index contributed by atoms with van der Waals surface area (Å²) in [4.78, 5) is 0. The average molecular weight is 242 g/mol. The Bertz CT molecular complexity index is 526. The number of benzene rings is 1. The Morgan fingerprint density at radius 2 is 2.06 bits per heavy atom. The van der Waals surface area contributed by atoms with Gasteiger partial charge in [-0.25, -0.2) is 0 Å². The van der Waals surface area contributed by atoms with Gasteiger partial charge in [0, 0.05) is 11.6 Å². The molecule has 2 aromatic rings. The maximum absolute atomic E-state index is 9.86. The molecule has 1 atom stereocenters. The molecular weight excluding hydrogens is 224 g/mol. The van der Waals surface area contributed by atoms with E-state index < -0.39 is 0 Å². The lowest BCUT2D eigenvalue weighted by atomic mass is 9.94. The fourth-order valence-electron chi connectivity index (χ4n) is 2.56. The minimum absolute atomic E-state index is 0.0189. The van der Waals surface area contributed by atoms with Crippen molar-refractivity contribution in [1.29, 1.82) is 0 Å². The predicted octanol–water partition coefficient (Wildman–Crippen LogP) is 2.34. The third kappa shape index (κ3) is 1.95. The van der Waals surface area contributed by atoms with Crippen molar-refractivity contribution in [3.05, 3.63) is 53.9 Å². The molecule has 0 saturated heterocycles. The summed E-state index contributed by atoms with van der Waals surface area (Å²) in [6, 6.07) is 10.3. The van der Waals surface area contributed by atoms with Crippen molar-refractivity contribution in [3.63, 3.8) is 0 Å². The molecule has 18 heavy (non-hydrogen) atoms. The Kier molecular flexibility index (Phi) is 2.71. The van der Waals surface area contributed by atoms with Crippen molar-refractivity contribution in [3.8, 4) is 0 Å². The summed E-state index contributed by atoms with van der Waals surface area (Å²) in [6.45, 7) is 2.66. The summed E-state index contributed by atoms with van der Waals surface area (Å²) in [7, 11) is 0. The zero-order valence-electron chi connectivity index (χ0n) is 10.6. The second kappa shape index (κ2) is 4.25. The Balaban J connectivity index is 1.79. The molecule has 1 saturated carbocycles. The third-order valence-electron chi connectivity index (χ3n) is 3.98. The largest absolute Gasteiger partial charge is 0.392 e. The van der Waals surface area contributed by atoms with Gasteiger partial charge in [0.1, 0.15) is 0 Å². The normalized spacial score (nSPS) is 18.6. The van der Waals surface area contributed by atoms with Crippen molar-refractivity contribution >= 4 is 0 Å². The van der Waals surface area contributed by atoms with Crippen LogP contribution in [0.5, 0.6) is 0 Å². The topological polar surface area (TPSA) is 38.1 Å². The van der Waals surface area contributed by atoms with Crippen LogP contribution in [0.15, 0.2) is 42.7 Å². The van der Waals surface area contributed by atoms with E-state index in [9.17, 15) is 5.11 Å². The smallest absolute Gasteiger partial charge is 0.0659 e. The maximum atomic E-state index is 9.86. The number of aromatic nitrogens is 2. The highest BCUT2D eigenvalue weighted by Gasteiger charge is 2.49. The SMILES string of the molecule is CC(O)C1(c2cnn(Cc3ccccc3)c2)CC1. The Labute approximate surface area is 107 Å². The molecule has 0 aliphatic heterocycles. The molecule has 1 fully saturated rings. The standard InChI is InChI=1S/C15H18N2O/c1-12(18)15(7-8-15)14-9-16-17(11-14)10-13-5-3-2-4-6-13/h2-6,9,11-12,18H,7-8,10H2,1H3. The highest BCUT2D eigenvalue weighted by molar-refractivity contribution is 5.29. The highest BCUT2D eigenvalue weighted by Crippen LogP contribution is 2.50. The summed E-state index contributed by atoms with van der Waals surface area (Å²) in [5.74, 6) is 0. The van der Waals surface area contributed by atoms with Crippen LogP contribution < -0.4 is 0 Å². The van der Waals surface area contributed by atoms with Crippen LogP contribution in [0, 0.1) is 0 Å². The average Bonchev–Trinajstić information content (AvgIpc) is 3.07. The fourth-order valence-corrected chi connectivity index (χ4v) is 2.56. The van der Waals surface area contributed by atoms with Crippen LogP contribution in [0.2, 0.25) is 0 Å². The van der Waals surface area contributed by atoms with E-state index in [0.29, 0.717) is 0 Å². The van der Waals surface area contributed by atoms with E-state index >= 15 is 0 Å². The molecule has 94 valence electrons. The number of nitrogens with zero attached hydrogens (tertiary/aromatic N) is 2. The minimum Gasteiger partial charge on any atom is -0.392 e. The Morgan fingerprint density at radius 1 is 1.33 bits per heavy atom. The molecule has 1 aromatic carbocycles.